The maximum Gasteiger partial charge on any atom is 0.195 e. The first-order valence-corrected chi connectivity index (χ1v) is 6.02. The lowest BCUT2D eigenvalue weighted by atomic mass is 10.2. The van der Waals surface area contributed by atoms with Crippen molar-refractivity contribution >= 4 is 23.8 Å². The summed E-state index contributed by atoms with van der Waals surface area (Å²) in [5.74, 6) is 0.106. The first kappa shape index (κ1) is 12.3. The Morgan fingerprint density at radius 2 is 2.29 bits per heavy atom. The zero-order valence-electron chi connectivity index (χ0n) is 9.20. The number of aromatic amines is 1. The topological polar surface area (TPSA) is 33.6 Å². The van der Waals surface area contributed by atoms with Gasteiger partial charge >= 0.3 is 0 Å². The Hall–Kier alpha value is -1.20. The Bertz CT molecular complexity index is 591. The molecule has 0 unspecified atom stereocenters. The molecule has 0 fully saturated rings. The fraction of sp³-hybridized carbons (Fsp3) is 0.273. The summed E-state index contributed by atoms with van der Waals surface area (Å²) in [4.78, 5) is 0. The molecule has 0 bridgehead atoms. The van der Waals surface area contributed by atoms with Crippen molar-refractivity contribution in [2.45, 2.75) is 19.9 Å². The van der Waals surface area contributed by atoms with Crippen molar-refractivity contribution in [2.24, 2.45) is 0 Å². The SMILES string of the molecule is CCCn1c(-c2ccc(Cl)cc2F)n[nH]c1=S. The zero-order valence-corrected chi connectivity index (χ0v) is 10.8. The lowest BCUT2D eigenvalue weighted by molar-refractivity contribution is 0.623. The first-order valence-electron chi connectivity index (χ1n) is 5.24. The van der Waals surface area contributed by atoms with Crippen molar-refractivity contribution in [3.05, 3.63) is 33.8 Å². The summed E-state index contributed by atoms with van der Waals surface area (Å²) in [6, 6.07) is 4.51. The Morgan fingerprint density at radius 1 is 1.53 bits per heavy atom. The first-order chi connectivity index (χ1) is 8.13. The number of nitrogens with one attached hydrogen (secondary N) is 1. The van der Waals surface area contributed by atoms with Crippen LogP contribution in [0.4, 0.5) is 4.39 Å². The highest BCUT2D eigenvalue weighted by Crippen LogP contribution is 2.24. The molecule has 90 valence electrons. The van der Waals surface area contributed by atoms with Crippen molar-refractivity contribution in [3.8, 4) is 11.4 Å². The average molecular weight is 272 g/mol. The van der Waals surface area contributed by atoms with Gasteiger partial charge in [0.25, 0.3) is 0 Å². The number of hydrogen-bond acceptors (Lipinski definition) is 2. The molecule has 1 aromatic heterocycles. The van der Waals surface area contributed by atoms with Crippen LogP contribution in [0.15, 0.2) is 18.2 Å². The number of rotatable bonds is 3. The van der Waals surface area contributed by atoms with Crippen LogP contribution in [0.5, 0.6) is 0 Å². The van der Waals surface area contributed by atoms with Crippen molar-refractivity contribution in [2.75, 3.05) is 0 Å². The van der Waals surface area contributed by atoms with Gasteiger partial charge < -0.3 is 4.57 Å². The predicted molar refractivity (Wildman–Crippen MR) is 68.1 cm³/mol. The third-order valence-corrected chi connectivity index (χ3v) is 2.92. The number of benzene rings is 1. The number of halogens is 2. The molecule has 17 heavy (non-hydrogen) atoms. The number of H-pyrrole nitrogens is 1. The molecule has 0 saturated heterocycles. The van der Waals surface area contributed by atoms with E-state index in [-0.39, 0.29) is 0 Å². The molecule has 0 spiro atoms. The van der Waals surface area contributed by atoms with Crippen LogP contribution in [0.25, 0.3) is 11.4 Å². The Balaban J connectivity index is 2.56. The van der Waals surface area contributed by atoms with Crippen molar-refractivity contribution in [1.82, 2.24) is 14.8 Å². The van der Waals surface area contributed by atoms with Gasteiger partial charge in [-0.25, -0.2) is 4.39 Å². The van der Waals surface area contributed by atoms with Crippen molar-refractivity contribution < 1.29 is 4.39 Å². The molecule has 0 amide bonds. The van der Waals surface area contributed by atoms with Gasteiger partial charge in [0, 0.05) is 11.6 Å². The van der Waals surface area contributed by atoms with E-state index < -0.39 is 5.82 Å². The largest absolute Gasteiger partial charge is 0.300 e. The normalized spacial score (nSPS) is 10.8. The molecule has 0 radical (unpaired) electrons. The summed E-state index contributed by atoms with van der Waals surface area (Å²) in [5, 5.41) is 7.10. The molecule has 1 N–H and O–H groups in total. The fourth-order valence-corrected chi connectivity index (χ4v) is 2.01. The van der Waals surface area contributed by atoms with E-state index in [1.165, 1.54) is 6.07 Å². The van der Waals surface area contributed by atoms with Gasteiger partial charge in [-0.3, -0.25) is 5.10 Å². The summed E-state index contributed by atoms with van der Waals surface area (Å²) in [7, 11) is 0. The van der Waals surface area contributed by atoms with Gasteiger partial charge in [-0.2, -0.15) is 5.10 Å². The highest BCUT2D eigenvalue weighted by Gasteiger charge is 2.12. The van der Waals surface area contributed by atoms with Crippen LogP contribution in [0.3, 0.4) is 0 Å². The Kier molecular flexibility index (Phi) is 3.59. The molecule has 2 rings (SSSR count). The maximum absolute atomic E-state index is 13.8. The van der Waals surface area contributed by atoms with Gasteiger partial charge in [0.2, 0.25) is 0 Å². The monoisotopic (exact) mass is 271 g/mol. The lowest BCUT2D eigenvalue weighted by Gasteiger charge is -2.06. The molecule has 0 aliphatic heterocycles. The third kappa shape index (κ3) is 2.40. The fourth-order valence-electron chi connectivity index (χ4n) is 1.63. The summed E-state index contributed by atoms with van der Waals surface area (Å²) < 4.78 is 16.1. The minimum absolute atomic E-state index is 0.363. The lowest BCUT2D eigenvalue weighted by Crippen LogP contribution is -2.01. The van der Waals surface area contributed by atoms with E-state index >= 15 is 0 Å². The van der Waals surface area contributed by atoms with Gasteiger partial charge in [0.15, 0.2) is 10.6 Å². The van der Waals surface area contributed by atoms with E-state index in [0.29, 0.717) is 27.7 Å². The molecule has 2 aromatic rings. The smallest absolute Gasteiger partial charge is 0.195 e. The minimum atomic E-state index is -0.399. The molecule has 0 saturated carbocycles. The molecule has 0 aliphatic rings. The van der Waals surface area contributed by atoms with Gasteiger partial charge in [-0.05, 0) is 36.8 Å². The third-order valence-electron chi connectivity index (χ3n) is 2.38. The van der Waals surface area contributed by atoms with E-state index in [4.69, 9.17) is 23.8 Å². The van der Waals surface area contributed by atoms with Crippen LogP contribution in [0.2, 0.25) is 5.02 Å². The Morgan fingerprint density at radius 3 is 2.94 bits per heavy atom. The second-order valence-corrected chi connectivity index (χ2v) is 4.45. The maximum atomic E-state index is 13.8. The van der Waals surface area contributed by atoms with Crippen molar-refractivity contribution in [1.29, 1.82) is 0 Å². The quantitative estimate of drug-likeness (QED) is 0.861. The summed E-state index contributed by atoms with van der Waals surface area (Å²) in [6.07, 6.45) is 0.899. The standard InChI is InChI=1S/C11H11ClFN3S/c1-2-5-16-10(14-15-11(16)17)8-4-3-7(12)6-9(8)13/h3-4,6H,2,5H2,1H3,(H,15,17). The van der Waals surface area contributed by atoms with Crippen LogP contribution in [-0.4, -0.2) is 14.8 Å². The number of hydrogen-bond donors (Lipinski definition) is 1. The van der Waals surface area contributed by atoms with E-state index in [0.717, 1.165) is 6.42 Å². The van der Waals surface area contributed by atoms with E-state index in [9.17, 15) is 4.39 Å². The second-order valence-electron chi connectivity index (χ2n) is 3.63. The van der Waals surface area contributed by atoms with Crippen LogP contribution in [0.1, 0.15) is 13.3 Å². The minimum Gasteiger partial charge on any atom is -0.300 e. The molecule has 1 aromatic carbocycles. The van der Waals surface area contributed by atoms with E-state index in [1.807, 2.05) is 6.92 Å². The van der Waals surface area contributed by atoms with Gasteiger partial charge in [-0.15, -0.1) is 0 Å². The number of aromatic nitrogens is 3. The summed E-state index contributed by atoms with van der Waals surface area (Å²) >= 11 is 10.8. The second kappa shape index (κ2) is 4.98. The summed E-state index contributed by atoms with van der Waals surface area (Å²) in [5.41, 5.74) is 0.398. The Labute approximate surface area is 108 Å². The molecule has 0 atom stereocenters. The van der Waals surface area contributed by atoms with Crippen LogP contribution in [0, 0.1) is 10.6 Å². The van der Waals surface area contributed by atoms with E-state index in [2.05, 4.69) is 10.2 Å². The van der Waals surface area contributed by atoms with Crippen LogP contribution < -0.4 is 0 Å². The van der Waals surface area contributed by atoms with Crippen LogP contribution in [-0.2, 0) is 6.54 Å². The molecule has 0 aliphatic carbocycles. The van der Waals surface area contributed by atoms with Crippen molar-refractivity contribution in [3.63, 3.8) is 0 Å². The van der Waals surface area contributed by atoms with Gasteiger partial charge in [0.05, 0.1) is 5.56 Å². The van der Waals surface area contributed by atoms with Crippen LogP contribution >= 0.6 is 23.8 Å². The molecule has 3 nitrogen and oxygen atoms in total. The van der Waals surface area contributed by atoms with E-state index in [1.54, 1.807) is 16.7 Å². The van der Waals surface area contributed by atoms with Gasteiger partial charge in [0.1, 0.15) is 5.82 Å². The molecular formula is C11H11ClFN3S. The molecule has 6 heteroatoms. The molecule has 1 heterocycles. The molecular weight excluding hydrogens is 261 g/mol. The zero-order chi connectivity index (χ0) is 12.4. The summed E-state index contributed by atoms with van der Waals surface area (Å²) in [6.45, 7) is 2.73. The highest BCUT2D eigenvalue weighted by molar-refractivity contribution is 7.71. The van der Waals surface area contributed by atoms with Gasteiger partial charge in [-0.1, -0.05) is 18.5 Å². The highest BCUT2D eigenvalue weighted by atomic mass is 35.5. The predicted octanol–water partition coefficient (Wildman–Crippen LogP) is 3.81. The number of nitrogens with zero attached hydrogens (tertiary/aromatic N) is 2. The average Bonchev–Trinajstić information content (AvgIpc) is 2.62.